The van der Waals surface area contributed by atoms with Gasteiger partial charge in [0.15, 0.2) is 0 Å². The van der Waals surface area contributed by atoms with E-state index in [1.165, 1.54) is 20.2 Å². The number of sulfonamides is 1. The van der Waals surface area contributed by atoms with Gasteiger partial charge >= 0.3 is 0 Å². The zero-order valence-electron chi connectivity index (χ0n) is 15.5. The summed E-state index contributed by atoms with van der Waals surface area (Å²) in [6, 6.07) is 12.7. The number of anilines is 2. The molecule has 0 aromatic heterocycles. The molecule has 140 valence electrons. The largest absolute Gasteiger partial charge is 0.376 e. The van der Waals surface area contributed by atoms with E-state index in [-0.39, 0.29) is 17.3 Å². The Morgan fingerprint density at radius 2 is 1.81 bits per heavy atom. The van der Waals surface area contributed by atoms with Gasteiger partial charge in [0, 0.05) is 25.5 Å². The third-order valence-electron chi connectivity index (χ3n) is 4.07. The second-order valence-electron chi connectivity index (χ2n) is 6.18. The number of carbonyl (C=O) groups is 1. The van der Waals surface area contributed by atoms with Crippen LogP contribution in [0.4, 0.5) is 11.4 Å². The molecule has 7 heteroatoms. The molecular formula is C19H25N3O3S. The molecule has 0 bridgehead atoms. The quantitative estimate of drug-likeness (QED) is 0.780. The highest BCUT2D eigenvalue weighted by molar-refractivity contribution is 7.89. The van der Waals surface area contributed by atoms with Crippen molar-refractivity contribution in [2.45, 2.75) is 25.2 Å². The van der Waals surface area contributed by atoms with E-state index in [0.717, 1.165) is 22.0 Å². The maximum absolute atomic E-state index is 12.4. The van der Waals surface area contributed by atoms with Crippen LogP contribution in [0.25, 0.3) is 0 Å². The molecule has 0 unspecified atom stereocenters. The highest BCUT2D eigenvalue weighted by Crippen LogP contribution is 2.22. The van der Waals surface area contributed by atoms with Gasteiger partial charge in [0.1, 0.15) is 0 Å². The highest BCUT2D eigenvalue weighted by atomic mass is 32.2. The Labute approximate surface area is 155 Å². The Morgan fingerprint density at radius 1 is 1.12 bits per heavy atom. The van der Waals surface area contributed by atoms with Gasteiger partial charge < -0.3 is 10.6 Å². The molecule has 6 nitrogen and oxygen atoms in total. The van der Waals surface area contributed by atoms with Crippen molar-refractivity contribution in [3.8, 4) is 0 Å². The molecule has 0 heterocycles. The summed E-state index contributed by atoms with van der Waals surface area (Å²) >= 11 is 0. The first-order valence-corrected chi connectivity index (χ1v) is 9.84. The zero-order chi connectivity index (χ0) is 19.3. The summed E-state index contributed by atoms with van der Waals surface area (Å²) in [6.45, 7) is 3.88. The van der Waals surface area contributed by atoms with Gasteiger partial charge in [-0.2, -0.15) is 0 Å². The first-order chi connectivity index (χ1) is 12.3. The van der Waals surface area contributed by atoms with Crippen molar-refractivity contribution in [2.75, 3.05) is 31.3 Å². The van der Waals surface area contributed by atoms with Crippen molar-refractivity contribution in [3.05, 3.63) is 53.6 Å². The summed E-state index contributed by atoms with van der Waals surface area (Å²) in [5.41, 5.74) is 3.14. The maximum Gasteiger partial charge on any atom is 0.243 e. The van der Waals surface area contributed by atoms with E-state index in [1.54, 1.807) is 19.1 Å². The number of rotatable bonds is 7. The van der Waals surface area contributed by atoms with Crippen LogP contribution in [-0.2, 0) is 21.2 Å². The fourth-order valence-electron chi connectivity index (χ4n) is 2.53. The molecule has 1 amide bonds. The average molecular weight is 375 g/mol. The van der Waals surface area contributed by atoms with Crippen LogP contribution in [0.1, 0.15) is 18.1 Å². The zero-order valence-corrected chi connectivity index (χ0v) is 16.4. The number of aryl methyl sites for hydroxylation is 2. The molecule has 0 spiro atoms. The van der Waals surface area contributed by atoms with Crippen molar-refractivity contribution in [3.63, 3.8) is 0 Å². The standard InChI is InChI=1S/C19H25N3O3S/c1-5-15-8-6-7-9-17(15)20-13-19(23)21-16-11-10-14(2)18(12-16)26(24,25)22(3)4/h6-12,20H,5,13H2,1-4H3,(H,21,23). The van der Waals surface area contributed by atoms with Gasteiger partial charge in [0.2, 0.25) is 15.9 Å². The van der Waals surface area contributed by atoms with Gasteiger partial charge in [0.25, 0.3) is 0 Å². The van der Waals surface area contributed by atoms with Gasteiger partial charge in [-0.05, 0) is 42.7 Å². The lowest BCUT2D eigenvalue weighted by Crippen LogP contribution is -2.24. The summed E-state index contributed by atoms with van der Waals surface area (Å²) in [5, 5.41) is 5.86. The number of carbonyl (C=O) groups excluding carboxylic acids is 1. The molecule has 2 aromatic carbocycles. The first-order valence-electron chi connectivity index (χ1n) is 8.40. The van der Waals surface area contributed by atoms with E-state index in [2.05, 4.69) is 17.6 Å². The van der Waals surface area contributed by atoms with Crippen LogP contribution in [0, 0.1) is 6.92 Å². The van der Waals surface area contributed by atoms with Crippen LogP contribution in [0.2, 0.25) is 0 Å². The fourth-order valence-corrected chi connectivity index (χ4v) is 3.68. The maximum atomic E-state index is 12.4. The molecule has 0 saturated carbocycles. The topological polar surface area (TPSA) is 78.5 Å². The summed E-state index contributed by atoms with van der Waals surface area (Å²) < 4.78 is 25.9. The Morgan fingerprint density at radius 3 is 2.46 bits per heavy atom. The molecule has 2 N–H and O–H groups in total. The van der Waals surface area contributed by atoms with E-state index >= 15 is 0 Å². The molecule has 0 saturated heterocycles. The van der Waals surface area contributed by atoms with Crippen LogP contribution in [0.5, 0.6) is 0 Å². The Bertz CT molecular complexity index is 893. The number of nitrogens with zero attached hydrogens (tertiary/aromatic N) is 1. The second-order valence-corrected chi connectivity index (χ2v) is 8.30. The predicted octanol–water partition coefficient (Wildman–Crippen LogP) is 2.86. The first kappa shape index (κ1) is 19.9. The molecule has 0 aliphatic carbocycles. The van der Waals surface area contributed by atoms with Gasteiger partial charge in [0.05, 0.1) is 11.4 Å². The van der Waals surface area contributed by atoms with Crippen molar-refractivity contribution in [2.24, 2.45) is 0 Å². The van der Waals surface area contributed by atoms with Gasteiger partial charge in [-0.1, -0.05) is 31.2 Å². The molecule has 26 heavy (non-hydrogen) atoms. The Kier molecular flexibility index (Phi) is 6.39. The van der Waals surface area contributed by atoms with E-state index in [0.29, 0.717) is 11.3 Å². The Hall–Kier alpha value is -2.38. The third-order valence-corrected chi connectivity index (χ3v) is 6.03. The van der Waals surface area contributed by atoms with E-state index in [9.17, 15) is 13.2 Å². The molecular weight excluding hydrogens is 350 g/mol. The summed E-state index contributed by atoms with van der Waals surface area (Å²) in [6.07, 6.45) is 0.870. The van der Waals surface area contributed by atoms with Crippen LogP contribution in [0.15, 0.2) is 47.4 Å². The number of para-hydroxylation sites is 1. The number of benzene rings is 2. The molecule has 0 aliphatic rings. The average Bonchev–Trinajstić information content (AvgIpc) is 2.61. The van der Waals surface area contributed by atoms with Crippen LogP contribution < -0.4 is 10.6 Å². The highest BCUT2D eigenvalue weighted by Gasteiger charge is 2.20. The molecule has 0 radical (unpaired) electrons. The van der Waals surface area contributed by atoms with Crippen molar-refractivity contribution < 1.29 is 13.2 Å². The SMILES string of the molecule is CCc1ccccc1NCC(=O)Nc1ccc(C)c(S(=O)(=O)N(C)C)c1. The normalized spacial score (nSPS) is 11.4. The molecule has 0 fully saturated rings. The monoisotopic (exact) mass is 375 g/mol. The van der Waals surface area contributed by atoms with Crippen molar-refractivity contribution in [1.82, 2.24) is 4.31 Å². The minimum absolute atomic E-state index is 0.0979. The van der Waals surface area contributed by atoms with Gasteiger partial charge in [-0.3, -0.25) is 4.79 Å². The van der Waals surface area contributed by atoms with Gasteiger partial charge in [-0.15, -0.1) is 0 Å². The summed E-state index contributed by atoms with van der Waals surface area (Å²) in [5.74, 6) is -0.243. The minimum Gasteiger partial charge on any atom is -0.376 e. The summed E-state index contributed by atoms with van der Waals surface area (Å²) in [4.78, 5) is 12.4. The van der Waals surface area contributed by atoms with Crippen LogP contribution in [-0.4, -0.2) is 39.3 Å². The van der Waals surface area contributed by atoms with Crippen molar-refractivity contribution in [1.29, 1.82) is 0 Å². The van der Waals surface area contributed by atoms with Crippen LogP contribution >= 0.6 is 0 Å². The van der Waals surface area contributed by atoms with Crippen LogP contribution in [0.3, 0.4) is 0 Å². The number of hydrogen-bond acceptors (Lipinski definition) is 4. The van der Waals surface area contributed by atoms with E-state index in [1.807, 2.05) is 24.3 Å². The number of nitrogens with one attached hydrogen (secondary N) is 2. The molecule has 2 aromatic rings. The Balaban J connectivity index is 2.10. The lowest BCUT2D eigenvalue weighted by Gasteiger charge is -2.15. The smallest absolute Gasteiger partial charge is 0.243 e. The second kappa shape index (κ2) is 8.33. The van der Waals surface area contributed by atoms with Crippen molar-refractivity contribution >= 4 is 27.3 Å². The number of hydrogen-bond donors (Lipinski definition) is 2. The molecule has 0 aliphatic heterocycles. The molecule has 0 atom stereocenters. The molecule has 2 rings (SSSR count). The third kappa shape index (κ3) is 4.62. The lowest BCUT2D eigenvalue weighted by molar-refractivity contribution is -0.114. The van der Waals surface area contributed by atoms with Gasteiger partial charge in [-0.25, -0.2) is 12.7 Å². The van der Waals surface area contributed by atoms with E-state index < -0.39 is 10.0 Å². The fraction of sp³-hybridized carbons (Fsp3) is 0.316. The number of amides is 1. The summed E-state index contributed by atoms with van der Waals surface area (Å²) in [7, 11) is -0.601. The van der Waals surface area contributed by atoms with E-state index in [4.69, 9.17) is 0 Å². The predicted molar refractivity (Wildman–Crippen MR) is 105 cm³/mol. The lowest BCUT2D eigenvalue weighted by atomic mass is 10.1. The minimum atomic E-state index is -3.56.